The molecule has 3 amide bonds. The smallest absolute Gasteiger partial charge is 0.332 e. The van der Waals surface area contributed by atoms with Crippen LogP contribution < -0.4 is 14.8 Å². The van der Waals surface area contributed by atoms with Crippen LogP contribution in [-0.4, -0.2) is 21.8 Å². The Hall–Kier alpha value is -3.86. The lowest BCUT2D eigenvalue weighted by Gasteiger charge is -2.07. The molecular weight excluding hydrogens is 388 g/mol. The Bertz CT molecular complexity index is 1010. The van der Waals surface area contributed by atoms with E-state index in [4.69, 9.17) is 9.15 Å². The molecule has 1 aromatic carbocycles. The third-order valence-corrected chi connectivity index (χ3v) is 3.97. The van der Waals surface area contributed by atoms with E-state index in [-0.39, 0.29) is 17.3 Å². The normalized spacial score (nSPS) is 10.1. The van der Waals surface area contributed by atoms with Gasteiger partial charge in [-0.25, -0.2) is 9.78 Å². The summed E-state index contributed by atoms with van der Waals surface area (Å²) in [6.45, 7) is 0. The average Bonchev–Trinajstić information content (AvgIpc) is 3.22. The number of hydrogen-bond donors (Lipinski definition) is 2. The molecule has 3 rings (SSSR count). The molecule has 2 N–H and O–H groups in total. The van der Waals surface area contributed by atoms with Crippen molar-refractivity contribution < 1.29 is 23.7 Å². The van der Waals surface area contributed by atoms with Gasteiger partial charge in [-0.15, -0.1) is 0 Å². The number of carbonyl (C=O) groups is 2. The van der Waals surface area contributed by atoms with Crippen molar-refractivity contribution in [2.45, 2.75) is 4.90 Å². The molecule has 3 aromatic rings. The maximum Gasteiger partial charge on any atom is 0.332 e. The van der Waals surface area contributed by atoms with Crippen LogP contribution in [0.4, 0.5) is 10.5 Å². The summed E-state index contributed by atoms with van der Waals surface area (Å²) in [5.41, 5.74) is -0.143. The van der Waals surface area contributed by atoms with Crippen LogP contribution in [-0.2, 0) is 0 Å². The highest BCUT2D eigenvalue weighted by atomic mass is 32.2. The van der Waals surface area contributed by atoms with E-state index < -0.39 is 16.9 Å². The number of ether oxygens (including phenoxy) is 1. The van der Waals surface area contributed by atoms with Crippen LogP contribution in [0.2, 0.25) is 0 Å². The molecule has 0 fully saturated rings. The molecular formula is C17H12N4O6S. The van der Waals surface area contributed by atoms with E-state index in [2.05, 4.69) is 15.0 Å². The van der Waals surface area contributed by atoms with Gasteiger partial charge < -0.3 is 9.15 Å². The molecule has 0 aliphatic rings. The van der Waals surface area contributed by atoms with Crippen molar-refractivity contribution in [1.29, 1.82) is 0 Å². The third-order valence-electron chi connectivity index (χ3n) is 3.19. The van der Waals surface area contributed by atoms with E-state index in [9.17, 15) is 19.7 Å². The molecule has 0 bridgehead atoms. The second kappa shape index (κ2) is 8.68. The summed E-state index contributed by atoms with van der Waals surface area (Å²) in [6.07, 6.45) is 2.59. The van der Waals surface area contributed by atoms with Crippen molar-refractivity contribution in [2.75, 3.05) is 0 Å². The van der Waals surface area contributed by atoms with Crippen molar-refractivity contribution in [1.82, 2.24) is 15.0 Å². The minimum absolute atomic E-state index is 0.0139. The first-order valence-corrected chi connectivity index (χ1v) is 8.53. The van der Waals surface area contributed by atoms with Gasteiger partial charge in [0, 0.05) is 17.2 Å². The summed E-state index contributed by atoms with van der Waals surface area (Å²) in [4.78, 5) is 38.3. The van der Waals surface area contributed by atoms with E-state index in [1.165, 1.54) is 36.7 Å². The molecule has 28 heavy (non-hydrogen) atoms. The number of furan rings is 1. The average molecular weight is 400 g/mol. The van der Waals surface area contributed by atoms with Gasteiger partial charge in [0.25, 0.3) is 11.6 Å². The van der Waals surface area contributed by atoms with Gasteiger partial charge in [0.05, 0.1) is 17.3 Å². The molecule has 0 radical (unpaired) electrons. The van der Waals surface area contributed by atoms with Gasteiger partial charge in [-0.3, -0.25) is 24.9 Å². The van der Waals surface area contributed by atoms with Gasteiger partial charge in [-0.2, -0.15) is 0 Å². The molecule has 2 aromatic heterocycles. The Morgan fingerprint density at radius 2 is 2.04 bits per heavy atom. The Morgan fingerprint density at radius 1 is 1.18 bits per heavy atom. The molecule has 0 unspecified atom stereocenters. The predicted molar refractivity (Wildman–Crippen MR) is 98.0 cm³/mol. The number of benzene rings is 1. The van der Waals surface area contributed by atoms with Gasteiger partial charge in [0.15, 0.2) is 5.76 Å². The molecule has 0 aliphatic heterocycles. The van der Waals surface area contributed by atoms with Crippen molar-refractivity contribution in [3.63, 3.8) is 0 Å². The number of amides is 3. The molecule has 10 nitrogen and oxygen atoms in total. The first-order valence-electron chi connectivity index (χ1n) is 7.71. The maximum absolute atomic E-state index is 11.8. The first-order chi connectivity index (χ1) is 13.5. The zero-order valence-electron chi connectivity index (χ0n) is 14.0. The number of aromatic nitrogens is 1. The first kappa shape index (κ1) is 18.9. The lowest BCUT2D eigenvalue weighted by molar-refractivity contribution is -0.385. The molecule has 0 saturated carbocycles. The van der Waals surface area contributed by atoms with E-state index in [1.807, 2.05) is 0 Å². The fraction of sp³-hybridized carbons (Fsp3) is 0. The number of rotatable bonds is 6. The van der Waals surface area contributed by atoms with Crippen LogP contribution in [0.25, 0.3) is 0 Å². The fourth-order valence-corrected chi connectivity index (χ4v) is 2.58. The number of hydrogen-bond acceptors (Lipinski definition) is 8. The summed E-state index contributed by atoms with van der Waals surface area (Å²) in [7, 11) is 0. The lowest BCUT2D eigenvalue weighted by Crippen LogP contribution is -2.36. The number of imide groups is 1. The summed E-state index contributed by atoms with van der Waals surface area (Å²) < 4.78 is 12.8. The van der Waals surface area contributed by atoms with Crippen LogP contribution in [0.15, 0.2) is 70.3 Å². The number of urea groups is 1. The maximum atomic E-state index is 11.8. The van der Waals surface area contributed by atoms with Crippen LogP contribution in [0.1, 0.15) is 10.6 Å². The summed E-state index contributed by atoms with van der Waals surface area (Å²) in [5, 5.41) is 12.9. The lowest BCUT2D eigenvalue weighted by atomic mass is 10.3. The van der Waals surface area contributed by atoms with E-state index >= 15 is 0 Å². The highest BCUT2D eigenvalue weighted by Crippen LogP contribution is 2.26. The quantitative estimate of drug-likeness (QED) is 0.364. The SMILES string of the molecule is O=C(NSc1cccc(Oc2cc([N+](=O)[O-])ccn2)c1)NC(=O)c1ccco1. The predicted octanol–water partition coefficient (Wildman–Crippen LogP) is 3.52. The Kier molecular flexibility index (Phi) is 5.87. The standard InChI is InChI=1S/C17H12N4O6S/c22-16(14-5-2-8-26-14)19-17(23)20-28-13-4-1-3-12(10-13)27-15-9-11(21(24)25)6-7-18-15/h1-10H,(H2,19,20,22,23). The highest BCUT2D eigenvalue weighted by molar-refractivity contribution is 7.98. The summed E-state index contributed by atoms with van der Waals surface area (Å²) in [6, 6.07) is 11.3. The Morgan fingerprint density at radius 3 is 2.79 bits per heavy atom. The summed E-state index contributed by atoms with van der Waals surface area (Å²) in [5.74, 6) is -0.227. The van der Waals surface area contributed by atoms with Gasteiger partial charge in [-0.05, 0) is 42.3 Å². The molecule has 0 spiro atoms. The Balaban J connectivity index is 1.57. The minimum Gasteiger partial charge on any atom is -0.459 e. The molecule has 2 heterocycles. The number of nitro groups is 1. The second-order valence-corrected chi connectivity index (χ2v) is 6.03. The largest absolute Gasteiger partial charge is 0.459 e. The number of nitrogens with zero attached hydrogens (tertiary/aromatic N) is 2. The molecule has 0 atom stereocenters. The third kappa shape index (κ3) is 5.08. The van der Waals surface area contributed by atoms with Crippen molar-refractivity contribution >= 4 is 29.6 Å². The van der Waals surface area contributed by atoms with E-state index in [0.29, 0.717) is 10.6 Å². The highest BCUT2D eigenvalue weighted by Gasteiger charge is 2.13. The van der Waals surface area contributed by atoms with Gasteiger partial charge in [-0.1, -0.05) is 6.07 Å². The number of nitrogens with one attached hydrogen (secondary N) is 2. The zero-order chi connectivity index (χ0) is 19.9. The van der Waals surface area contributed by atoms with Crippen LogP contribution >= 0.6 is 11.9 Å². The van der Waals surface area contributed by atoms with Crippen molar-refractivity contribution in [3.8, 4) is 11.6 Å². The van der Waals surface area contributed by atoms with Crippen LogP contribution in [0, 0.1) is 10.1 Å². The molecule has 0 aliphatic carbocycles. The minimum atomic E-state index is -0.724. The van der Waals surface area contributed by atoms with E-state index in [1.54, 1.807) is 24.3 Å². The van der Waals surface area contributed by atoms with Crippen molar-refractivity contribution in [2.24, 2.45) is 0 Å². The molecule has 0 saturated heterocycles. The second-order valence-electron chi connectivity index (χ2n) is 5.15. The number of pyridine rings is 1. The van der Waals surface area contributed by atoms with Crippen LogP contribution in [0.3, 0.4) is 0 Å². The number of carbonyl (C=O) groups excluding carboxylic acids is 2. The van der Waals surface area contributed by atoms with Gasteiger partial charge in [0.2, 0.25) is 5.88 Å². The van der Waals surface area contributed by atoms with Gasteiger partial charge >= 0.3 is 6.03 Å². The molecule has 142 valence electrons. The topological polar surface area (TPSA) is 137 Å². The molecule has 11 heteroatoms. The summed E-state index contributed by atoms with van der Waals surface area (Å²) >= 11 is 0.947. The fourth-order valence-electron chi connectivity index (χ4n) is 1.99. The Labute approximate surface area is 162 Å². The van der Waals surface area contributed by atoms with E-state index in [0.717, 1.165) is 11.9 Å². The van der Waals surface area contributed by atoms with Crippen molar-refractivity contribution in [3.05, 3.63) is 76.9 Å². The van der Waals surface area contributed by atoms with Crippen LogP contribution in [0.5, 0.6) is 11.6 Å². The van der Waals surface area contributed by atoms with Gasteiger partial charge in [0.1, 0.15) is 5.75 Å². The monoisotopic (exact) mass is 400 g/mol. The zero-order valence-corrected chi connectivity index (χ0v) is 14.8.